The number of pyridine rings is 1. The number of rotatable bonds is 5. The van der Waals surface area contributed by atoms with E-state index in [4.69, 9.17) is 4.98 Å². The molecule has 1 fully saturated rings. The third-order valence-electron chi connectivity index (χ3n) is 5.67. The second kappa shape index (κ2) is 7.24. The Morgan fingerprint density at radius 2 is 1.87 bits per heavy atom. The van der Waals surface area contributed by atoms with Gasteiger partial charge < -0.3 is 4.74 Å². The number of carbonyl (C=O) groups excluding carboxylic acids is 1. The van der Waals surface area contributed by atoms with E-state index in [1.807, 2.05) is 30.3 Å². The van der Waals surface area contributed by atoms with Crippen LogP contribution in [0, 0.1) is 10.1 Å². The van der Waals surface area contributed by atoms with Crippen molar-refractivity contribution in [1.82, 2.24) is 9.97 Å². The van der Waals surface area contributed by atoms with Crippen molar-refractivity contribution in [1.29, 1.82) is 0 Å². The van der Waals surface area contributed by atoms with E-state index in [0.717, 1.165) is 23.4 Å². The molecule has 0 saturated heterocycles. The molecule has 4 aromatic rings. The average molecular weight is 431 g/mol. The summed E-state index contributed by atoms with van der Waals surface area (Å²) in [5.41, 5.74) is 3.17. The first-order valence-corrected chi connectivity index (χ1v) is 10.5. The fraction of sp³-hybridized carbons (Fsp3) is 0.174. The van der Waals surface area contributed by atoms with Crippen LogP contribution < -0.4 is 0 Å². The number of hydrogen-bond donors (Lipinski definition) is 0. The second-order valence-corrected chi connectivity index (χ2v) is 8.45. The molecule has 2 heterocycles. The van der Waals surface area contributed by atoms with E-state index in [1.54, 1.807) is 0 Å². The minimum atomic E-state index is -0.624. The molecule has 1 aliphatic carbocycles. The van der Waals surface area contributed by atoms with Gasteiger partial charge in [0.05, 0.1) is 28.9 Å². The first kappa shape index (κ1) is 19.3. The fourth-order valence-corrected chi connectivity index (χ4v) is 4.85. The molecule has 0 radical (unpaired) electrons. The van der Waals surface area contributed by atoms with Crippen molar-refractivity contribution in [3.05, 3.63) is 87.6 Å². The molecule has 2 aromatic heterocycles. The van der Waals surface area contributed by atoms with Crippen molar-refractivity contribution in [2.24, 2.45) is 0 Å². The highest BCUT2D eigenvalue weighted by molar-refractivity contribution is 7.21. The third-order valence-corrected chi connectivity index (χ3v) is 6.67. The van der Waals surface area contributed by atoms with E-state index in [-0.39, 0.29) is 16.7 Å². The molecule has 5 rings (SSSR count). The Bertz CT molecular complexity index is 1330. The molecule has 0 unspecified atom stereocenters. The monoisotopic (exact) mass is 431 g/mol. The van der Waals surface area contributed by atoms with Gasteiger partial charge in [0.2, 0.25) is 0 Å². The Balaban J connectivity index is 1.57. The summed E-state index contributed by atoms with van der Waals surface area (Å²) >= 11 is 1.31. The van der Waals surface area contributed by atoms with Gasteiger partial charge in [-0.1, -0.05) is 41.7 Å². The molecule has 7 nitrogen and oxygen atoms in total. The summed E-state index contributed by atoms with van der Waals surface area (Å²) in [6, 6.07) is 18.5. The van der Waals surface area contributed by atoms with Gasteiger partial charge in [-0.3, -0.25) is 10.1 Å². The highest BCUT2D eigenvalue weighted by Crippen LogP contribution is 2.53. The molecule has 0 spiro atoms. The lowest BCUT2D eigenvalue weighted by atomic mass is 9.92. The van der Waals surface area contributed by atoms with Crippen molar-refractivity contribution in [3.8, 4) is 10.6 Å². The number of thiazole rings is 1. The van der Waals surface area contributed by atoms with Gasteiger partial charge in [0.1, 0.15) is 15.4 Å². The maximum absolute atomic E-state index is 11.8. The molecule has 0 atom stereocenters. The maximum atomic E-state index is 11.8. The van der Waals surface area contributed by atoms with Crippen LogP contribution in [0.1, 0.15) is 34.5 Å². The first-order chi connectivity index (χ1) is 15.0. The number of aromatic nitrogens is 2. The van der Waals surface area contributed by atoms with Crippen molar-refractivity contribution >= 4 is 33.3 Å². The number of carbonyl (C=O) groups is 1. The Morgan fingerprint density at radius 1 is 1.10 bits per heavy atom. The number of nitro benzene ring substituents is 1. The molecular formula is C23H17N3O4S. The van der Waals surface area contributed by atoms with Crippen LogP contribution in [0.5, 0.6) is 0 Å². The number of methoxy groups -OCH3 is 1. The van der Waals surface area contributed by atoms with Crippen molar-refractivity contribution in [2.45, 2.75) is 18.3 Å². The number of esters is 1. The first-order valence-electron chi connectivity index (χ1n) is 9.72. The third kappa shape index (κ3) is 3.25. The Labute approximate surface area is 181 Å². The van der Waals surface area contributed by atoms with Crippen LogP contribution in [0.3, 0.4) is 0 Å². The number of fused-ring (bicyclic) bond motifs is 1. The number of benzene rings is 2. The van der Waals surface area contributed by atoms with E-state index in [9.17, 15) is 14.9 Å². The molecular weight excluding hydrogens is 414 g/mol. The molecule has 1 aliphatic rings. The minimum absolute atomic E-state index is 0.0617. The normalized spacial score (nSPS) is 14.4. The lowest BCUT2D eigenvalue weighted by molar-refractivity contribution is -0.384. The molecule has 1 saturated carbocycles. The molecule has 2 aromatic carbocycles. The molecule has 31 heavy (non-hydrogen) atoms. The number of nitrogens with zero attached hydrogens (tertiary/aromatic N) is 3. The standard InChI is InChI=1S/C23H17N3O4S/c1-30-22(27)14-7-8-16(18(13-14)26(28)29)20-24-17-9-10-19(25-21(17)31-20)23(11-12-23)15-5-3-2-4-6-15/h2-10,13H,11-12H2,1H3. The summed E-state index contributed by atoms with van der Waals surface area (Å²) in [5.74, 6) is -0.624. The predicted molar refractivity (Wildman–Crippen MR) is 117 cm³/mol. The minimum Gasteiger partial charge on any atom is -0.465 e. The second-order valence-electron chi connectivity index (χ2n) is 7.47. The lowest BCUT2D eigenvalue weighted by Crippen LogP contribution is -2.10. The summed E-state index contributed by atoms with van der Waals surface area (Å²) < 4.78 is 4.67. The number of nitro groups is 1. The SMILES string of the molecule is COC(=O)c1ccc(-c2nc3ccc(C4(c5ccccc5)CC4)nc3s2)c([N+](=O)[O-])c1. The van der Waals surface area contributed by atoms with Crippen LogP contribution in [0.15, 0.2) is 60.7 Å². The quantitative estimate of drug-likeness (QED) is 0.247. The highest BCUT2D eigenvalue weighted by atomic mass is 32.1. The van der Waals surface area contributed by atoms with Crippen LogP contribution in [0.25, 0.3) is 20.9 Å². The zero-order chi connectivity index (χ0) is 21.6. The summed E-state index contributed by atoms with van der Waals surface area (Å²) in [4.78, 5) is 33.1. The van der Waals surface area contributed by atoms with Crippen LogP contribution in [0.4, 0.5) is 5.69 Å². The smallest absolute Gasteiger partial charge is 0.338 e. The van der Waals surface area contributed by atoms with Crippen molar-refractivity contribution in [3.63, 3.8) is 0 Å². The number of hydrogen-bond acceptors (Lipinski definition) is 7. The molecule has 154 valence electrons. The molecule has 0 N–H and O–H groups in total. The van der Waals surface area contributed by atoms with Gasteiger partial charge in [0.25, 0.3) is 5.69 Å². The lowest BCUT2D eigenvalue weighted by Gasteiger charge is -2.14. The van der Waals surface area contributed by atoms with Crippen LogP contribution >= 0.6 is 11.3 Å². The topological polar surface area (TPSA) is 95.2 Å². The van der Waals surface area contributed by atoms with Gasteiger partial charge in [-0.15, -0.1) is 0 Å². The van der Waals surface area contributed by atoms with Crippen LogP contribution in [0.2, 0.25) is 0 Å². The summed E-state index contributed by atoms with van der Waals surface area (Å²) in [6.45, 7) is 0. The van der Waals surface area contributed by atoms with Gasteiger partial charge in [-0.2, -0.15) is 0 Å². The van der Waals surface area contributed by atoms with E-state index in [2.05, 4.69) is 21.9 Å². The summed E-state index contributed by atoms with van der Waals surface area (Å²) in [5, 5.41) is 12.1. The molecule has 0 bridgehead atoms. The van der Waals surface area contributed by atoms with E-state index in [1.165, 1.54) is 42.2 Å². The molecule has 0 amide bonds. The molecule has 0 aliphatic heterocycles. The summed E-state index contributed by atoms with van der Waals surface area (Å²) in [7, 11) is 1.24. The fourth-order valence-electron chi connectivity index (χ4n) is 3.88. The number of ether oxygens (including phenoxy) is 1. The van der Waals surface area contributed by atoms with Gasteiger partial charge in [-0.25, -0.2) is 14.8 Å². The maximum Gasteiger partial charge on any atom is 0.338 e. The van der Waals surface area contributed by atoms with Crippen molar-refractivity contribution < 1.29 is 14.5 Å². The average Bonchev–Trinajstić information content (AvgIpc) is 3.51. The Kier molecular flexibility index (Phi) is 4.51. The van der Waals surface area contributed by atoms with Gasteiger partial charge in [0.15, 0.2) is 0 Å². The zero-order valence-electron chi connectivity index (χ0n) is 16.6. The van der Waals surface area contributed by atoms with Gasteiger partial charge in [-0.05, 0) is 42.7 Å². The van der Waals surface area contributed by atoms with Crippen LogP contribution in [-0.4, -0.2) is 28.0 Å². The summed E-state index contributed by atoms with van der Waals surface area (Å²) in [6.07, 6.45) is 2.09. The van der Waals surface area contributed by atoms with Gasteiger partial charge >= 0.3 is 5.97 Å². The van der Waals surface area contributed by atoms with Gasteiger partial charge in [0, 0.05) is 11.5 Å². The van der Waals surface area contributed by atoms with E-state index in [0.29, 0.717) is 16.1 Å². The largest absolute Gasteiger partial charge is 0.465 e. The van der Waals surface area contributed by atoms with Crippen molar-refractivity contribution in [2.75, 3.05) is 7.11 Å². The predicted octanol–water partition coefficient (Wildman–Crippen LogP) is 5.13. The Morgan fingerprint density at radius 3 is 2.55 bits per heavy atom. The zero-order valence-corrected chi connectivity index (χ0v) is 17.4. The van der Waals surface area contributed by atoms with E-state index < -0.39 is 10.9 Å². The van der Waals surface area contributed by atoms with Crippen LogP contribution in [-0.2, 0) is 10.2 Å². The van der Waals surface area contributed by atoms with E-state index >= 15 is 0 Å². The highest BCUT2D eigenvalue weighted by Gasteiger charge is 2.47. The Hall–Kier alpha value is -3.65. The molecule has 8 heteroatoms.